The van der Waals surface area contributed by atoms with Gasteiger partial charge in [-0.3, -0.25) is 0 Å². The van der Waals surface area contributed by atoms with Gasteiger partial charge in [-0.25, -0.2) is 0 Å². The van der Waals surface area contributed by atoms with Crippen LogP contribution in [-0.2, 0) is 0 Å². The molecule has 4 heteroatoms. The van der Waals surface area contributed by atoms with E-state index in [1.165, 1.54) is 0 Å². The second kappa shape index (κ2) is 3.24. The number of rotatable bonds is 0. The summed E-state index contributed by atoms with van der Waals surface area (Å²) in [7, 11) is 0. The van der Waals surface area contributed by atoms with Crippen LogP contribution in [0.3, 0.4) is 0 Å². The highest BCUT2D eigenvalue weighted by molar-refractivity contribution is 6.34. The molecule has 0 N–H and O–H groups in total. The summed E-state index contributed by atoms with van der Waals surface area (Å²) in [6.45, 7) is 0. The average Bonchev–Trinajstić information content (AvgIpc) is 2.07. The molecule has 2 aliphatic rings. The summed E-state index contributed by atoms with van der Waals surface area (Å²) in [6.07, 6.45) is 3.83. The SMILES string of the molecule is Cl[C@@H]1[C@H](Cl)[C@@H]2[C@@H]1[C@@H](Cl)C=C[C@H]2Cl. The lowest BCUT2D eigenvalue weighted by Gasteiger charge is -2.51. The molecule has 2 rings (SSSR count). The van der Waals surface area contributed by atoms with E-state index < -0.39 is 0 Å². The monoisotopic (exact) mass is 244 g/mol. The van der Waals surface area contributed by atoms with Crippen LogP contribution in [0.2, 0.25) is 0 Å². The van der Waals surface area contributed by atoms with Gasteiger partial charge in [0.25, 0.3) is 0 Å². The highest BCUT2D eigenvalue weighted by atomic mass is 35.5. The summed E-state index contributed by atoms with van der Waals surface area (Å²) >= 11 is 24.1. The van der Waals surface area contributed by atoms with Crippen LogP contribution < -0.4 is 0 Å². The minimum Gasteiger partial charge on any atom is -0.121 e. The second-order valence-corrected chi connectivity index (χ2v) is 5.33. The molecule has 1 fully saturated rings. The van der Waals surface area contributed by atoms with Gasteiger partial charge in [-0.15, -0.1) is 46.4 Å². The van der Waals surface area contributed by atoms with Crippen LogP contribution >= 0.6 is 46.4 Å². The molecule has 0 nitrogen and oxygen atoms in total. The molecule has 12 heavy (non-hydrogen) atoms. The minimum atomic E-state index is -0.0228. The van der Waals surface area contributed by atoms with Crippen LogP contribution in [0.25, 0.3) is 0 Å². The first kappa shape index (κ1) is 9.45. The highest BCUT2D eigenvalue weighted by Crippen LogP contribution is 2.51. The molecule has 0 aromatic heterocycles. The van der Waals surface area contributed by atoms with Crippen molar-refractivity contribution < 1.29 is 0 Å². The lowest BCUT2D eigenvalue weighted by atomic mass is 9.66. The van der Waals surface area contributed by atoms with Gasteiger partial charge >= 0.3 is 0 Å². The fraction of sp³-hybridized carbons (Fsp3) is 0.750. The molecule has 0 heterocycles. The normalized spacial score (nSPS) is 57.7. The Bertz CT molecular complexity index is 193. The van der Waals surface area contributed by atoms with Gasteiger partial charge in [-0.1, -0.05) is 12.2 Å². The maximum absolute atomic E-state index is 6.05. The number of hydrogen-bond donors (Lipinski definition) is 0. The second-order valence-electron chi connectivity index (χ2n) is 3.32. The predicted molar refractivity (Wildman–Crippen MR) is 54.7 cm³/mol. The zero-order valence-electron chi connectivity index (χ0n) is 6.13. The zero-order chi connectivity index (χ0) is 8.88. The Morgan fingerprint density at radius 1 is 0.667 bits per heavy atom. The smallest absolute Gasteiger partial charge is 0.0563 e. The van der Waals surface area contributed by atoms with Gasteiger partial charge in [0.2, 0.25) is 0 Å². The molecule has 6 atom stereocenters. The lowest BCUT2D eigenvalue weighted by Crippen LogP contribution is -2.57. The molecule has 0 saturated heterocycles. The maximum atomic E-state index is 6.05. The van der Waals surface area contributed by atoms with Crippen molar-refractivity contribution in [2.24, 2.45) is 11.8 Å². The van der Waals surface area contributed by atoms with E-state index in [1.54, 1.807) is 0 Å². The fourth-order valence-corrected chi connectivity index (χ4v) is 3.90. The van der Waals surface area contributed by atoms with Crippen molar-refractivity contribution in [3.05, 3.63) is 12.2 Å². The van der Waals surface area contributed by atoms with E-state index in [0.29, 0.717) is 0 Å². The van der Waals surface area contributed by atoms with E-state index in [0.717, 1.165) is 0 Å². The van der Waals surface area contributed by atoms with Crippen molar-refractivity contribution in [2.45, 2.75) is 21.5 Å². The topological polar surface area (TPSA) is 0 Å². The third kappa shape index (κ3) is 1.19. The Balaban J connectivity index is 2.20. The molecular weight excluding hydrogens is 238 g/mol. The molecule has 0 spiro atoms. The Labute approximate surface area is 91.8 Å². The molecule has 0 aromatic carbocycles. The standard InChI is InChI=1S/C8H8Cl4/c9-3-1-2-4(10)6-5(3)7(11)8(6)12/h1-8H/t3-,4+,5-,6-,7-,8+/m0/s1. The van der Waals surface area contributed by atoms with Crippen LogP contribution in [-0.4, -0.2) is 21.5 Å². The van der Waals surface area contributed by atoms with E-state index >= 15 is 0 Å². The fourth-order valence-electron chi connectivity index (χ4n) is 1.95. The third-order valence-corrected chi connectivity index (χ3v) is 4.82. The Hall–Kier alpha value is 0.900. The Morgan fingerprint density at radius 3 is 1.33 bits per heavy atom. The highest BCUT2D eigenvalue weighted by Gasteiger charge is 2.54. The number of fused-ring (bicyclic) bond motifs is 1. The number of allylic oxidation sites excluding steroid dienone is 2. The van der Waals surface area contributed by atoms with Crippen molar-refractivity contribution in [1.82, 2.24) is 0 Å². The van der Waals surface area contributed by atoms with Crippen LogP contribution in [0.15, 0.2) is 12.2 Å². The van der Waals surface area contributed by atoms with Crippen molar-refractivity contribution >= 4 is 46.4 Å². The summed E-state index contributed by atoms with van der Waals surface area (Å²) in [5, 5.41) is -0.0410. The van der Waals surface area contributed by atoms with Crippen LogP contribution in [0.1, 0.15) is 0 Å². The molecule has 0 unspecified atom stereocenters. The first-order valence-electron chi connectivity index (χ1n) is 3.87. The predicted octanol–water partition coefficient (Wildman–Crippen LogP) is 3.23. The van der Waals surface area contributed by atoms with E-state index in [-0.39, 0.29) is 33.3 Å². The molecule has 0 amide bonds. The summed E-state index contributed by atoms with van der Waals surface area (Å²) in [4.78, 5) is 0. The largest absolute Gasteiger partial charge is 0.121 e. The first-order valence-corrected chi connectivity index (χ1v) is 5.62. The summed E-state index contributed by atoms with van der Waals surface area (Å²) in [5.74, 6) is 0.506. The molecule has 0 aromatic rings. The zero-order valence-corrected chi connectivity index (χ0v) is 9.15. The van der Waals surface area contributed by atoms with Crippen LogP contribution in [0.5, 0.6) is 0 Å². The molecule has 0 aliphatic heterocycles. The molecule has 68 valence electrons. The van der Waals surface area contributed by atoms with Gasteiger partial charge in [0.15, 0.2) is 0 Å². The third-order valence-electron chi connectivity index (χ3n) is 2.70. The van der Waals surface area contributed by atoms with Gasteiger partial charge in [0.1, 0.15) is 0 Å². The van der Waals surface area contributed by atoms with Gasteiger partial charge in [0, 0.05) is 11.8 Å². The minimum absolute atomic E-state index is 0.00231. The van der Waals surface area contributed by atoms with E-state index in [4.69, 9.17) is 46.4 Å². The number of hydrogen-bond acceptors (Lipinski definition) is 0. The molecule has 1 saturated carbocycles. The van der Waals surface area contributed by atoms with Gasteiger partial charge in [-0.05, 0) is 0 Å². The van der Waals surface area contributed by atoms with Gasteiger partial charge in [0.05, 0.1) is 21.5 Å². The lowest BCUT2D eigenvalue weighted by molar-refractivity contribution is 0.194. The first-order chi connectivity index (χ1) is 5.63. The van der Waals surface area contributed by atoms with Crippen molar-refractivity contribution in [3.63, 3.8) is 0 Å². The number of alkyl halides is 4. The van der Waals surface area contributed by atoms with Crippen molar-refractivity contribution in [2.75, 3.05) is 0 Å². The summed E-state index contributed by atoms with van der Waals surface area (Å²) < 4.78 is 0. The Kier molecular flexibility index (Phi) is 2.55. The van der Waals surface area contributed by atoms with E-state index in [1.807, 2.05) is 12.2 Å². The number of halogens is 4. The van der Waals surface area contributed by atoms with Crippen LogP contribution in [0.4, 0.5) is 0 Å². The van der Waals surface area contributed by atoms with Gasteiger partial charge < -0.3 is 0 Å². The maximum Gasteiger partial charge on any atom is 0.0563 e. The average molecular weight is 246 g/mol. The van der Waals surface area contributed by atoms with Crippen LogP contribution in [0, 0.1) is 11.8 Å². The molecule has 2 aliphatic carbocycles. The molecular formula is C8H8Cl4. The van der Waals surface area contributed by atoms with E-state index in [2.05, 4.69) is 0 Å². The Morgan fingerprint density at radius 2 is 1.00 bits per heavy atom. The van der Waals surface area contributed by atoms with Crippen molar-refractivity contribution in [3.8, 4) is 0 Å². The van der Waals surface area contributed by atoms with Gasteiger partial charge in [-0.2, -0.15) is 0 Å². The summed E-state index contributed by atoms with van der Waals surface area (Å²) in [6, 6.07) is 0. The molecule has 0 bridgehead atoms. The van der Waals surface area contributed by atoms with Crippen molar-refractivity contribution in [1.29, 1.82) is 0 Å². The molecule has 0 radical (unpaired) electrons. The quantitative estimate of drug-likeness (QED) is 0.454. The summed E-state index contributed by atoms with van der Waals surface area (Å²) in [5.41, 5.74) is 0. The van der Waals surface area contributed by atoms with E-state index in [9.17, 15) is 0 Å².